The fourth-order valence-corrected chi connectivity index (χ4v) is 1.62. The molecule has 0 unspecified atom stereocenters. The summed E-state index contributed by atoms with van der Waals surface area (Å²) in [5, 5.41) is 8.96. The smallest absolute Gasteiger partial charge is 0.150 e. The summed E-state index contributed by atoms with van der Waals surface area (Å²) in [5.74, 6) is 0. The van der Waals surface area contributed by atoms with Crippen molar-refractivity contribution in [2.45, 2.75) is 0 Å². The van der Waals surface area contributed by atoms with E-state index in [4.69, 9.17) is 5.26 Å². The first-order chi connectivity index (χ1) is 8.83. The monoisotopic (exact) mass is 233 g/mol. The molecule has 86 valence electrons. The van der Waals surface area contributed by atoms with Crippen LogP contribution in [-0.4, -0.2) is 6.29 Å². The Morgan fingerprint density at radius 1 is 0.889 bits per heavy atom. The summed E-state index contributed by atoms with van der Waals surface area (Å²) >= 11 is 0. The Bertz CT molecular complexity index is 618. The Morgan fingerprint density at radius 2 is 1.56 bits per heavy atom. The molecule has 0 N–H and O–H groups in total. The third-order valence-electron chi connectivity index (χ3n) is 2.61. The van der Waals surface area contributed by atoms with Gasteiger partial charge >= 0.3 is 0 Å². The number of carbonyl (C=O) groups is 1. The van der Waals surface area contributed by atoms with Gasteiger partial charge in [0.2, 0.25) is 0 Å². The molecule has 0 saturated carbocycles. The zero-order valence-electron chi connectivity index (χ0n) is 9.71. The van der Waals surface area contributed by atoms with Crippen molar-refractivity contribution in [3.63, 3.8) is 0 Å². The highest BCUT2D eigenvalue weighted by Gasteiger charge is 1.96. The SMILES string of the molecule is N#Cc1ccccc1/C=C\c1ccc(C=O)cc1. The van der Waals surface area contributed by atoms with E-state index in [0.717, 1.165) is 17.4 Å². The molecule has 0 amide bonds. The molecule has 0 bridgehead atoms. The van der Waals surface area contributed by atoms with Crippen LogP contribution in [0.1, 0.15) is 27.0 Å². The topological polar surface area (TPSA) is 40.9 Å². The first kappa shape index (κ1) is 11.8. The Kier molecular flexibility index (Phi) is 3.68. The summed E-state index contributed by atoms with van der Waals surface area (Å²) < 4.78 is 0. The highest BCUT2D eigenvalue weighted by Crippen LogP contribution is 2.12. The zero-order chi connectivity index (χ0) is 12.8. The maximum absolute atomic E-state index is 10.5. The van der Waals surface area contributed by atoms with Gasteiger partial charge in [0.25, 0.3) is 0 Å². The van der Waals surface area contributed by atoms with Gasteiger partial charge in [0, 0.05) is 5.56 Å². The van der Waals surface area contributed by atoms with E-state index in [9.17, 15) is 4.79 Å². The minimum Gasteiger partial charge on any atom is -0.298 e. The second-order valence-electron chi connectivity index (χ2n) is 3.82. The largest absolute Gasteiger partial charge is 0.298 e. The van der Waals surface area contributed by atoms with E-state index in [2.05, 4.69) is 6.07 Å². The van der Waals surface area contributed by atoms with Gasteiger partial charge in [0.1, 0.15) is 6.29 Å². The van der Waals surface area contributed by atoms with Crippen LogP contribution in [0, 0.1) is 11.3 Å². The summed E-state index contributed by atoms with van der Waals surface area (Å²) in [4.78, 5) is 10.5. The van der Waals surface area contributed by atoms with Crippen molar-refractivity contribution in [2.75, 3.05) is 0 Å². The van der Waals surface area contributed by atoms with Gasteiger partial charge in [0.15, 0.2) is 0 Å². The average Bonchev–Trinajstić information content (AvgIpc) is 2.46. The van der Waals surface area contributed by atoms with Crippen molar-refractivity contribution >= 4 is 18.4 Å². The lowest BCUT2D eigenvalue weighted by molar-refractivity contribution is 0.112. The van der Waals surface area contributed by atoms with Gasteiger partial charge in [-0.3, -0.25) is 4.79 Å². The number of aldehydes is 1. The third kappa shape index (κ3) is 2.72. The van der Waals surface area contributed by atoms with E-state index in [0.29, 0.717) is 11.1 Å². The van der Waals surface area contributed by atoms with Crippen molar-refractivity contribution in [2.24, 2.45) is 0 Å². The Morgan fingerprint density at radius 3 is 2.22 bits per heavy atom. The fraction of sp³-hybridized carbons (Fsp3) is 0. The summed E-state index contributed by atoms with van der Waals surface area (Å²) in [7, 11) is 0. The molecule has 2 heteroatoms. The highest BCUT2D eigenvalue weighted by molar-refractivity contribution is 5.77. The summed E-state index contributed by atoms with van der Waals surface area (Å²) in [6.07, 6.45) is 4.64. The molecule has 0 aromatic heterocycles. The predicted octanol–water partition coefficient (Wildman–Crippen LogP) is 3.54. The van der Waals surface area contributed by atoms with E-state index in [1.807, 2.05) is 42.5 Å². The molecular weight excluding hydrogens is 222 g/mol. The van der Waals surface area contributed by atoms with Crippen molar-refractivity contribution < 1.29 is 4.79 Å². The van der Waals surface area contributed by atoms with Gasteiger partial charge in [-0.2, -0.15) is 5.26 Å². The van der Waals surface area contributed by atoms with Gasteiger partial charge in [0.05, 0.1) is 11.6 Å². The molecule has 2 rings (SSSR count). The minimum atomic E-state index is 0.651. The van der Waals surface area contributed by atoms with Crippen molar-refractivity contribution in [1.29, 1.82) is 5.26 Å². The highest BCUT2D eigenvalue weighted by atomic mass is 16.1. The number of nitrogens with zero attached hydrogens (tertiary/aromatic N) is 1. The van der Waals surface area contributed by atoms with Crippen LogP contribution >= 0.6 is 0 Å². The molecular formula is C16H11NO. The van der Waals surface area contributed by atoms with E-state index in [1.165, 1.54) is 0 Å². The van der Waals surface area contributed by atoms with Gasteiger partial charge in [-0.15, -0.1) is 0 Å². The summed E-state index contributed by atoms with van der Waals surface area (Å²) in [5.41, 5.74) is 3.19. The van der Waals surface area contributed by atoms with Crippen LogP contribution < -0.4 is 0 Å². The number of nitriles is 1. The average molecular weight is 233 g/mol. The molecule has 0 heterocycles. The Labute approximate surface area is 106 Å². The summed E-state index contributed by atoms with van der Waals surface area (Å²) in [6, 6.07) is 16.9. The van der Waals surface area contributed by atoms with Gasteiger partial charge in [-0.1, -0.05) is 54.6 Å². The van der Waals surface area contributed by atoms with Gasteiger partial charge < -0.3 is 0 Å². The zero-order valence-corrected chi connectivity index (χ0v) is 9.71. The molecule has 2 aromatic carbocycles. The van der Waals surface area contributed by atoms with Crippen LogP contribution in [0.4, 0.5) is 0 Å². The Hall–Kier alpha value is -2.66. The lowest BCUT2D eigenvalue weighted by Gasteiger charge is -1.97. The molecule has 2 nitrogen and oxygen atoms in total. The lowest BCUT2D eigenvalue weighted by Crippen LogP contribution is -1.81. The number of hydrogen-bond donors (Lipinski definition) is 0. The second kappa shape index (κ2) is 5.60. The third-order valence-corrected chi connectivity index (χ3v) is 2.61. The van der Waals surface area contributed by atoms with Crippen LogP contribution in [0.25, 0.3) is 12.2 Å². The Balaban J connectivity index is 2.24. The second-order valence-corrected chi connectivity index (χ2v) is 3.82. The predicted molar refractivity (Wildman–Crippen MR) is 71.9 cm³/mol. The van der Waals surface area contributed by atoms with E-state index in [1.54, 1.807) is 18.2 Å². The van der Waals surface area contributed by atoms with Gasteiger partial charge in [-0.25, -0.2) is 0 Å². The maximum atomic E-state index is 10.5. The quantitative estimate of drug-likeness (QED) is 0.601. The van der Waals surface area contributed by atoms with Crippen LogP contribution in [0.5, 0.6) is 0 Å². The normalized spacial score (nSPS) is 10.2. The molecule has 2 aromatic rings. The molecule has 0 fully saturated rings. The van der Waals surface area contributed by atoms with Crippen LogP contribution in [-0.2, 0) is 0 Å². The minimum absolute atomic E-state index is 0.651. The van der Waals surface area contributed by atoms with Crippen LogP contribution in [0.3, 0.4) is 0 Å². The number of benzene rings is 2. The van der Waals surface area contributed by atoms with Gasteiger partial charge in [-0.05, 0) is 17.2 Å². The molecule has 0 aliphatic carbocycles. The molecule has 0 aliphatic rings. The maximum Gasteiger partial charge on any atom is 0.150 e. The first-order valence-electron chi connectivity index (χ1n) is 5.56. The molecule has 0 aliphatic heterocycles. The van der Waals surface area contributed by atoms with Crippen LogP contribution in [0.2, 0.25) is 0 Å². The number of rotatable bonds is 3. The van der Waals surface area contributed by atoms with Crippen molar-refractivity contribution in [3.05, 3.63) is 70.8 Å². The van der Waals surface area contributed by atoms with E-state index < -0.39 is 0 Å². The van der Waals surface area contributed by atoms with Crippen molar-refractivity contribution in [1.82, 2.24) is 0 Å². The number of hydrogen-bond acceptors (Lipinski definition) is 2. The number of carbonyl (C=O) groups excluding carboxylic acids is 1. The van der Waals surface area contributed by atoms with E-state index in [-0.39, 0.29) is 0 Å². The fourth-order valence-electron chi connectivity index (χ4n) is 1.62. The standard InChI is InChI=1S/C16H11NO/c17-11-16-4-2-1-3-15(16)10-9-13-5-7-14(12-18)8-6-13/h1-10,12H/b10-9-. The lowest BCUT2D eigenvalue weighted by atomic mass is 10.1. The molecule has 0 atom stereocenters. The molecule has 0 radical (unpaired) electrons. The van der Waals surface area contributed by atoms with E-state index >= 15 is 0 Å². The van der Waals surface area contributed by atoms with Crippen LogP contribution in [0.15, 0.2) is 48.5 Å². The molecule has 18 heavy (non-hydrogen) atoms. The summed E-state index contributed by atoms with van der Waals surface area (Å²) in [6.45, 7) is 0. The molecule has 0 spiro atoms. The molecule has 0 saturated heterocycles. The first-order valence-corrected chi connectivity index (χ1v) is 5.56. The van der Waals surface area contributed by atoms with Crippen molar-refractivity contribution in [3.8, 4) is 6.07 Å².